The first-order valence-corrected chi connectivity index (χ1v) is 6.18. The Morgan fingerprint density at radius 1 is 1.17 bits per heavy atom. The van der Waals surface area contributed by atoms with Crippen LogP contribution in [0.1, 0.15) is 30.1 Å². The number of benzene rings is 2. The van der Waals surface area contributed by atoms with Crippen LogP contribution in [0.25, 0.3) is 10.8 Å². The zero-order valence-corrected chi connectivity index (χ0v) is 10.5. The Hall–Kier alpha value is -2.03. The Morgan fingerprint density at radius 2 is 1.89 bits per heavy atom. The summed E-state index contributed by atoms with van der Waals surface area (Å²) in [5.41, 5.74) is 7.15. The van der Waals surface area contributed by atoms with E-state index >= 15 is 0 Å². The molecule has 18 heavy (non-hydrogen) atoms. The average molecular weight is 243 g/mol. The maximum absolute atomic E-state index is 12.0. The van der Waals surface area contributed by atoms with E-state index in [2.05, 4.69) is 6.92 Å². The van der Waals surface area contributed by atoms with Crippen molar-refractivity contribution in [2.75, 3.05) is 12.3 Å². The number of nitrogens with two attached hydrogens (primary N) is 1. The van der Waals surface area contributed by atoms with Crippen LogP contribution in [0.3, 0.4) is 0 Å². The standard InChI is InChI=1S/C15H17NO2/c1-2-3-10-18-15(17)13-8-9-14(16)12-7-5-4-6-11(12)13/h4-9H,2-3,10,16H2,1H3. The summed E-state index contributed by atoms with van der Waals surface area (Å²) in [7, 11) is 0. The highest BCUT2D eigenvalue weighted by Crippen LogP contribution is 2.25. The number of ether oxygens (including phenoxy) is 1. The molecule has 3 nitrogen and oxygen atoms in total. The number of carbonyl (C=O) groups is 1. The lowest BCUT2D eigenvalue weighted by Crippen LogP contribution is -2.07. The fourth-order valence-electron chi connectivity index (χ4n) is 1.89. The summed E-state index contributed by atoms with van der Waals surface area (Å²) < 4.78 is 5.24. The van der Waals surface area contributed by atoms with E-state index in [-0.39, 0.29) is 5.97 Å². The SMILES string of the molecule is CCCCOC(=O)c1ccc(N)c2ccccc12. The lowest BCUT2D eigenvalue weighted by atomic mass is 10.0. The van der Waals surface area contributed by atoms with Crippen LogP contribution in [0.4, 0.5) is 5.69 Å². The van der Waals surface area contributed by atoms with Gasteiger partial charge in [-0.15, -0.1) is 0 Å². The lowest BCUT2D eigenvalue weighted by molar-refractivity contribution is 0.0502. The fourth-order valence-corrected chi connectivity index (χ4v) is 1.89. The minimum atomic E-state index is -0.278. The topological polar surface area (TPSA) is 52.3 Å². The summed E-state index contributed by atoms with van der Waals surface area (Å²) >= 11 is 0. The predicted molar refractivity (Wildman–Crippen MR) is 73.6 cm³/mol. The van der Waals surface area contributed by atoms with Gasteiger partial charge in [-0.2, -0.15) is 0 Å². The Bertz CT molecular complexity index is 563. The minimum absolute atomic E-state index is 0.278. The third kappa shape index (κ3) is 2.45. The van der Waals surface area contributed by atoms with E-state index < -0.39 is 0 Å². The molecule has 0 bridgehead atoms. The highest BCUT2D eigenvalue weighted by Gasteiger charge is 2.12. The zero-order chi connectivity index (χ0) is 13.0. The molecule has 0 amide bonds. The predicted octanol–water partition coefficient (Wildman–Crippen LogP) is 3.38. The van der Waals surface area contributed by atoms with E-state index in [1.807, 2.05) is 24.3 Å². The molecule has 0 fully saturated rings. The number of anilines is 1. The molecular weight excluding hydrogens is 226 g/mol. The molecule has 2 N–H and O–H groups in total. The fraction of sp³-hybridized carbons (Fsp3) is 0.267. The van der Waals surface area contributed by atoms with E-state index in [0.717, 1.165) is 23.6 Å². The minimum Gasteiger partial charge on any atom is -0.462 e. The molecule has 0 aliphatic rings. The van der Waals surface area contributed by atoms with E-state index in [0.29, 0.717) is 17.9 Å². The van der Waals surface area contributed by atoms with Crippen molar-refractivity contribution in [2.45, 2.75) is 19.8 Å². The molecule has 0 spiro atoms. The molecule has 0 saturated heterocycles. The Labute approximate surface area is 107 Å². The largest absolute Gasteiger partial charge is 0.462 e. The number of nitrogen functional groups attached to an aromatic ring is 1. The van der Waals surface area contributed by atoms with Crippen LogP contribution >= 0.6 is 0 Å². The smallest absolute Gasteiger partial charge is 0.338 e. The Balaban J connectivity index is 2.33. The molecule has 0 unspecified atom stereocenters. The van der Waals surface area contributed by atoms with Crippen molar-refractivity contribution in [3.8, 4) is 0 Å². The highest BCUT2D eigenvalue weighted by molar-refractivity contribution is 6.07. The van der Waals surface area contributed by atoms with Crippen molar-refractivity contribution in [2.24, 2.45) is 0 Å². The zero-order valence-electron chi connectivity index (χ0n) is 10.5. The number of carbonyl (C=O) groups excluding carboxylic acids is 1. The van der Waals surface area contributed by atoms with Crippen LogP contribution in [0.5, 0.6) is 0 Å². The summed E-state index contributed by atoms with van der Waals surface area (Å²) in [6.07, 6.45) is 1.90. The number of esters is 1. The van der Waals surface area contributed by atoms with Gasteiger partial charge in [-0.1, -0.05) is 37.6 Å². The number of rotatable bonds is 4. The molecule has 0 aliphatic carbocycles. The van der Waals surface area contributed by atoms with Crippen molar-refractivity contribution in [3.05, 3.63) is 42.0 Å². The summed E-state index contributed by atoms with van der Waals surface area (Å²) in [4.78, 5) is 12.0. The molecule has 0 saturated carbocycles. The quantitative estimate of drug-likeness (QED) is 0.509. The van der Waals surface area contributed by atoms with Gasteiger partial charge in [0.25, 0.3) is 0 Å². The molecule has 0 aliphatic heterocycles. The number of unbranched alkanes of at least 4 members (excludes halogenated alkanes) is 1. The second-order valence-corrected chi connectivity index (χ2v) is 4.24. The van der Waals surface area contributed by atoms with Gasteiger partial charge < -0.3 is 10.5 Å². The molecule has 0 aromatic heterocycles. The molecule has 2 aromatic carbocycles. The van der Waals surface area contributed by atoms with E-state index in [1.54, 1.807) is 12.1 Å². The van der Waals surface area contributed by atoms with Crippen LogP contribution in [0, 0.1) is 0 Å². The third-order valence-corrected chi connectivity index (χ3v) is 2.91. The molecule has 3 heteroatoms. The van der Waals surface area contributed by atoms with Crippen molar-refractivity contribution in [3.63, 3.8) is 0 Å². The number of hydrogen-bond donors (Lipinski definition) is 1. The average Bonchev–Trinajstić information content (AvgIpc) is 2.39. The molecule has 94 valence electrons. The van der Waals surface area contributed by atoms with Crippen LogP contribution in [0.2, 0.25) is 0 Å². The van der Waals surface area contributed by atoms with Crippen LogP contribution in [0.15, 0.2) is 36.4 Å². The summed E-state index contributed by atoms with van der Waals surface area (Å²) in [6.45, 7) is 2.53. The van der Waals surface area contributed by atoms with Gasteiger partial charge in [0.05, 0.1) is 12.2 Å². The van der Waals surface area contributed by atoms with Crippen molar-refractivity contribution in [1.82, 2.24) is 0 Å². The van der Waals surface area contributed by atoms with Gasteiger partial charge in [0.2, 0.25) is 0 Å². The van der Waals surface area contributed by atoms with Gasteiger partial charge in [-0.3, -0.25) is 0 Å². The van der Waals surface area contributed by atoms with E-state index in [1.165, 1.54) is 0 Å². The molecule has 2 rings (SSSR count). The Kier molecular flexibility index (Phi) is 3.82. The summed E-state index contributed by atoms with van der Waals surface area (Å²) in [5, 5.41) is 1.74. The highest BCUT2D eigenvalue weighted by atomic mass is 16.5. The van der Waals surface area contributed by atoms with Gasteiger partial charge in [-0.05, 0) is 23.9 Å². The third-order valence-electron chi connectivity index (χ3n) is 2.91. The normalized spacial score (nSPS) is 10.5. The van der Waals surface area contributed by atoms with Crippen molar-refractivity contribution < 1.29 is 9.53 Å². The van der Waals surface area contributed by atoms with Crippen LogP contribution in [-0.2, 0) is 4.74 Å². The molecule has 0 atom stereocenters. The van der Waals surface area contributed by atoms with Gasteiger partial charge in [-0.25, -0.2) is 4.79 Å². The monoisotopic (exact) mass is 243 g/mol. The van der Waals surface area contributed by atoms with Gasteiger partial charge >= 0.3 is 5.97 Å². The molecular formula is C15H17NO2. The second-order valence-electron chi connectivity index (χ2n) is 4.24. The van der Waals surface area contributed by atoms with Crippen LogP contribution in [-0.4, -0.2) is 12.6 Å². The van der Waals surface area contributed by atoms with Crippen molar-refractivity contribution in [1.29, 1.82) is 0 Å². The summed E-state index contributed by atoms with van der Waals surface area (Å²) in [5.74, 6) is -0.278. The van der Waals surface area contributed by atoms with Crippen LogP contribution < -0.4 is 5.73 Å². The molecule has 0 radical (unpaired) electrons. The van der Waals surface area contributed by atoms with E-state index in [9.17, 15) is 4.79 Å². The lowest BCUT2D eigenvalue weighted by Gasteiger charge is -2.08. The van der Waals surface area contributed by atoms with Gasteiger partial charge in [0.1, 0.15) is 0 Å². The first-order valence-electron chi connectivity index (χ1n) is 6.18. The first-order chi connectivity index (χ1) is 8.74. The first kappa shape index (κ1) is 12.4. The van der Waals surface area contributed by atoms with Crippen molar-refractivity contribution >= 4 is 22.4 Å². The maximum atomic E-state index is 12.0. The van der Waals surface area contributed by atoms with Gasteiger partial charge in [0, 0.05) is 11.1 Å². The molecule has 0 heterocycles. The number of hydrogen-bond acceptors (Lipinski definition) is 3. The van der Waals surface area contributed by atoms with E-state index in [4.69, 9.17) is 10.5 Å². The summed E-state index contributed by atoms with van der Waals surface area (Å²) in [6, 6.07) is 11.1. The van der Waals surface area contributed by atoms with Gasteiger partial charge in [0.15, 0.2) is 0 Å². The second kappa shape index (κ2) is 5.54. The molecule has 2 aromatic rings. The maximum Gasteiger partial charge on any atom is 0.338 e. The number of fused-ring (bicyclic) bond motifs is 1. The Morgan fingerprint density at radius 3 is 2.61 bits per heavy atom.